The molecule has 0 aliphatic carbocycles. The van der Waals surface area contributed by atoms with Gasteiger partial charge in [-0.05, 0) is 38.0 Å². The van der Waals surface area contributed by atoms with Crippen LogP contribution in [0.5, 0.6) is 0 Å². The van der Waals surface area contributed by atoms with Gasteiger partial charge >= 0.3 is 0 Å². The summed E-state index contributed by atoms with van der Waals surface area (Å²) >= 11 is 1.42. The molecule has 0 atom stereocenters. The number of carbonyl (C=O) groups is 1. The first kappa shape index (κ1) is 19.0. The van der Waals surface area contributed by atoms with Crippen molar-refractivity contribution in [3.05, 3.63) is 47.0 Å². The number of para-hydroxylation sites is 1. The molecule has 0 saturated carbocycles. The normalized spacial score (nSPS) is 16.1. The van der Waals surface area contributed by atoms with Gasteiger partial charge in [0.15, 0.2) is 0 Å². The molecule has 0 spiro atoms. The van der Waals surface area contributed by atoms with Crippen molar-refractivity contribution in [2.24, 2.45) is 0 Å². The number of benzene rings is 1. The molecular formula is C20H22F2N4OS. The van der Waals surface area contributed by atoms with E-state index in [1.165, 1.54) is 11.3 Å². The molecule has 0 radical (unpaired) electrons. The lowest BCUT2D eigenvalue weighted by Crippen LogP contribution is -2.45. The van der Waals surface area contributed by atoms with Crippen LogP contribution in [0.2, 0.25) is 0 Å². The second-order valence-corrected chi connectivity index (χ2v) is 8.13. The molecular weight excluding hydrogens is 382 g/mol. The van der Waals surface area contributed by atoms with Crippen LogP contribution in [-0.2, 0) is 0 Å². The first-order valence-corrected chi connectivity index (χ1v) is 10.2. The fourth-order valence-corrected chi connectivity index (χ4v) is 4.70. The van der Waals surface area contributed by atoms with Crippen LogP contribution in [-0.4, -0.2) is 52.7 Å². The van der Waals surface area contributed by atoms with Crippen LogP contribution in [0.25, 0.3) is 15.9 Å². The van der Waals surface area contributed by atoms with Crippen LogP contribution in [0.1, 0.15) is 28.2 Å². The number of carbonyl (C=O) groups excluding carboxylic acids is 1. The minimum atomic E-state index is -2.31. The lowest BCUT2D eigenvalue weighted by molar-refractivity contribution is 0.0697. The Hall–Kier alpha value is -2.32. The number of hydrogen-bond acceptors (Lipinski definition) is 4. The van der Waals surface area contributed by atoms with Crippen molar-refractivity contribution < 1.29 is 13.6 Å². The highest BCUT2D eigenvalue weighted by molar-refractivity contribution is 7.20. The molecule has 4 rings (SSSR count). The Bertz CT molecular complexity index is 961. The van der Waals surface area contributed by atoms with Crippen LogP contribution >= 0.6 is 11.3 Å². The van der Waals surface area contributed by atoms with E-state index in [9.17, 15) is 13.6 Å². The molecule has 1 aliphatic rings. The molecule has 1 aliphatic heterocycles. The molecule has 3 heterocycles. The maximum atomic E-state index is 12.7. The number of nitrogens with one attached hydrogen (secondary N) is 1. The van der Waals surface area contributed by atoms with Gasteiger partial charge in [0, 0.05) is 24.5 Å². The number of aromatic nitrogens is 2. The number of piperidine rings is 1. The predicted octanol–water partition coefficient (Wildman–Crippen LogP) is 3.85. The Balaban J connectivity index is 1.47. The SMILES string of the molecule is Cc1nn(-c2ccccc2)c2sc(C(=O)NC3CCN(CC(F)F)CC3)cc12. The lowest BCUT2D eigenvalue weighted by Gasteiger charge is -2.31. The van der Waals surface area contributed by atoms with Crippen molar-refractivity contribution >= 4 is 27.5 Å². The summed E-state index contributed by atoms with van der Waals surface area (Å²) in [6.07, 6.45) is -0.919. The molecule has 2 aromatic heterocycles. The summed E-state index contributed by atoms with van der Waals surface area (Å²) in [5.41, 5.74) is 1.84. The number of hydrogen-bond donors (Lipinski definition) is 1. The monoisotopic (exact) mass is 404 g/mol. The van der Waals surface area contributed by atoms with Gasteiger partial charge in [-0.25, -0.2) is 13.5 Å². The van der Waals surface area contributed by atoms with E-state index in [4.69, 9.17) is 0 Å². The van der Waals surface area contributed by atoms with E-state index in [2.05, 4.69) is 10.4 Å². The van der Waals surface area contributed by atoms with Gasteiger partial charge in [-0.15, -0.1) is 11.3 Å². The number of nitrogens with zero attached hydrogens (tertiary/aromatic N) is 3. The Morgan fingerprint density at radius 1 is 1.29 bits per heavy atom. The van der Waals surface area contributed by atoms with Gasteiger partial charge in [0.2, 0.25) is 0 Å². The molecule has 8 heteroatoms. The van der Waals surface area contributed by atoms with E-state index in [1.807, 2.05) is 48.0 Å². The molecule has 28 heavy (non-hydrogen) atoms. The van der Waals surface area contributed by atoms with E-state index in [0.29, 0.717) is 30.8 Å². The van der Waals surface area contributed by atoms with Crippen molar-refractivity contribution in [3.63, 3.8) is 0 Å². The first-order valence-electron chi connectivity index (χ1n) is 9.37. The van der Waals surface area contributed by atoms with E-state index in [1.54, 1.807) is 4.90 Å². The minimum absolute atomic E-state index is 0.0263. The summed E-state index contributed by atoms with van der Waals surface area (Å²) in [6.45, 7) is 2.93. The smallest absolute Gasteiger partial charge is 0.261 e. The van der Waals surface area contributed by atoms with E-state index < -0.39 is 6.43 Å². The largest absolute Gasteiger partial charge is 0.349 e. The summed E-state index contributed by atoms with van der Waals surface area (Å²) in [5.74, 6) is -0.104. The van der Waals surface area contributed by atoms with Crippen molar-refractivity contribution in [1.29, 1.82) is 0 Å². The number of amides is 1. The maximum absolute atomic E-state index is 12.7. The minimum Gasteiger partial charge on any atom is -0.349 e. The van der Waals surface area contributed by atoms with Gasteiger partial charge in [-0.2, -0.15) is 5.10 Å². The lowest BCUT2D eigenvalue weighted by atomic mass is 10.0. The standard InChI is InChI=1S/C20H22F2N4OS/c1-13-16-11-17(28-20(16)26(24-13)15-5-3-2-4-6-15)19(27)23-14-7-9-25(10-8-14)12-18(21)22/h2-6,11,14,18H,7-10,12H2,1H3,(H,23,27). The highest BCUT2D eigenvalue weighted by Gasteiger charge is 2.24. The zero-order valence-corrected chi connectivity index (χ0v) is 16.4. The number of halogens is 2. The highest BCUT2D eigenvalue weighted by atomic mass is 32.1. The van der Waals surface area contributed by atoms with Crippen molar-refractivity contribution in [2.45, 2.75) is 32.2 Å². The quantitative estimate of drug-likeness (QED) is 0.703. The third kappa shape index (κ3) is 3.93. The maximum Gasteiger partial charge on any atom is 0.261 e. The van der Waals surface area contributed by atoms with Gasteiger partial charge in [-0.3, -0.25) is 9.69 Å². The van der Waals surface area contributed by atoms with E-state index >= 15 is 0 Å². The molecule has 5 nitrogen and oxygen atoms in total. The van der Waals surface area contributed by atoms with Crippen LogP contribution in [0.4, 0.5) is 8.78 Å². The van der Waals surface area contributed by atoms with Crippen molar-refractivity contribution in [3.8, 4) is 5.69 Å². The highest BCUT2D eigenvalue weighted by Crippen LogP contribution is 2.30. The second-order valence-electron chi connectivity index (χ2n) is 7.10. The fraction of sp³-hybridized carbons (Fsp3) is 0.400. The number of alkyl halides is 2. The Kier molecular flexibility index (Phi) is 5.41. The second kappa shape index (κ2) is 7.97. The van der Waals surface area contributed by atoms with Crippen LogP contribution in [0.15, 0.2) is 36.4 Å². The Morgan fingerprint density at radius 3 is 2.68 bits per heavy atom. The summed E-state index contributed by atoms with van der Waals surface area (Å²) in [5, 5.41) is 8.64. The number of thiophene rings is 1. The van der Waals surface area contributed by atoms with Gasteiger partial charge < -0.3 is 5.32 Å². The number of rotatable bonds is 5. The van der Waals surface area contributed by atoms with Crippen LogP contribution < -0.4 is 5.32 Å². The average molecular weight is 404 g/mol. The van der Waals surface area contributed by atoms with E-state index in [0.717, 1.165) is 21.6 Å². The third-order valence-electron chi connectivity index (χ3n) is 5.09. The van der Waals surface area contributed by atoms with Crippen molar-refractivity contribution in [2.75, 3.05) is 19.6 Å². The molecule has 1 saturated heterocycles. The average Bonchev–Trinajstić information content (AvgIpc) is 3.24. The topological polar surface area (TPSA) is 50.2 Å². The zero-order chi connectivity index (χ0) is 19.7. The van der Waals surface area contributed by atoms with Gasteiger partial charge in [0.25, 0.3) is 12.3 Å². The fourth-order valence-electron chi connectivity index (χ4n) is 3.61. The first-order chi connectivity index (χ1) is 13.5. The van der Waals surface area contributed by atoms with Gasteiger partial charge in [0.05, 0.1) is 22.8 Å². The van der Waals surface area contributed by atoms with Crippen LogP contribution in [0, 0.1) is 6.92 Å². The molecule has 148 valence electrons. The molecule has 3 aromatic rings. The van der Waals surface area contributed by atoms with Crippen molar-refractivity contribution in [1.82, 2.24) is 20.0 Å². The Morgan fingerprint density at radius 2 is 2.00 bits per heavy atom. The number of fused-ring (bicyclic) bond motifs is 1. The summed E-state index contributed by atoms with van der Waals surface area (Å²) < 4.78 is 26.8. The summed E-state index contributed by atoms with van der Waals surface area (Å²) in [6, 6.07) is 11.8. The van der Waals surface area contributed by atoms with Gasteiger partial charge in [0.1, 0.15) is 4.83 Å². The number of likely N-dealkylation sites (tertiary alicyclic amines) is 1. The molecule has 1 amide bonds. The summed E-state index contributed by atoms with van der Waals surface area (Å²) in [4.78, 5) is 16.1. The van der Waals surface area contributed by atoms with E-state index in [-0.39, 0.29) is 18.5 Å². The molecule has 0 unspecified atom stereocenters. The van der Waals surface area contributed by atoms with Gasteiger partial charge in [-0.1, -0.05) is 18.2 Å². The summed E-state index contributed by atoms with van der Waals surface area (Å²) in [7, 11) is 0. The zero-order valence-electron chi connectivity index (χ0n) is 15.6. The third-order valence-corrected chi connectivity index (χ3v) is 6.20. The Labute approximate surface area is 165 Å². The molecule has 1 N–H and O–H groups in total. The molecule has 1 fully saturated rings. The molecule has 0 bridgehead atoms. The van der Waals surface area contributed by atoms with Crippen LogP contribution in [0.3, 0.4) is 0 Å². The number of aryl methyl sites for hydroxylation is 1. The predicted molar refractivity (Wildman–Crippen MR) is 107 cm³/mol. The molecule has 1 aromatic carbocycles.